The second kappa shape index (κ2) is 8.82. The molecule has 0 saturated carbocycles. The molecule has 0 radical (unpaired) electrons. The Morgan fingerprint density at radius 1 is 1.32 bits per heavy atom. The number of piperazine rings is 1. The highest BCUT2D eigenvalue weighted by atomic mass is 16.5. The molecule has 1 unspecified atom stereocenters. The van der Waals surface area contributed by atoms with Crippen molar-refractivity contribution in [3.63, 3.8) is 0 Å². The monoisotopic (exact) mass is 345 g/mol. The van der Waals surface area contributed by atoms with Gasteiger partial charge < -0.3 is 19.9 Å². The van der Waals surface area contributed by atoms with Gasteiger partial charge in [-0.3, -0.25) is 4.90 Å². The van der Waals surface area contributed by atoms with Crippen LogP contribution in [0, 0.1) is 0 Å². The number of aromatic nitrogens is 1. The van der Waals surface area contributed by atoms with Crippen LogP contribution >= 0.6 is 0 Å². The van der Waals surface area contributed by atoms with Crippen LogP contribution in [0.15, 0.2) is 37.1 Å². The fourth-order valence-electron chi connectivity index (χ4n) is 3.27. The number of hydrogen-bond acceptors (Lipinski definition) is 5. The Labute approximate surface area is 149 Å². The number of rotatable bonds is 5. The van der Waals surface area contributed by atoms with Gasteiger partial charge in [-0.1, -0.05) is 12.1 Å². The van der Waals surface area contributed by atoms with Gasteiger partial charge in [-0.15, -0.1) is 6.58 Å². The van der Waals surface area contributed by atoms with Crippen molar-refractivity contribution in [2.75, 3.05) is 63.9 Å². The summed E-state index contributed by atoms with van der Waals surface area (Å²) in [5, 5.41) is 2.84. The van der Waals surface area contributed by atoms with E-state index in [2.05, 4.69) is 32.7 Å². The Balaban J connectivity index is 1.44. The van der Waals surface area contributed by atoms with Crippen molar-refractivity contribution in [1.29, 1.82) is 0 Å². The van der Waals surface area contributed by atoms with Gasteiger partial charge in [0, 0.05) is 58.6 Å². The van der Waals surface area contributed by atoms with Crippen LogP contribution in [0.3, 0.4) is 0 Å². The molecule has 25 heavy (non-hydrogen) atoms. The molecule has 2 saturated heterocycles. The van der Waals surface area contributed by atoms with E-state index in [1.54, 1.807) is 6.08 Å². The van der Waals surface area contributed by atoms with Crippen molar-refractivity contribution in [3.05, 3.63) is 37.1 Å². The van der Waals surface area contributed by atoms with Gasteiger partial charge in [-0.25, -0.2) is 9.78 Å². The molecule has 0 bridgehead atoms. The van der Waals surface area contributed by atoms with Crippen LogP contribution < -0.4 is 10.2 Å². The van der Waals surface area contributed by atoms with E-state index in [4.69, 9.17) is 4.74 Å². The zero-order valence-corrected chi connectivity index (χ0v) is 14.6. The van der Waals surface area contributed by atoms with Gasteiger partial charge in [0.25, 0.3) is 0 Å². The van der Waals surface area contributed by atoms with Gasteiger partial charge in [-0.2, -0.15) is 0 Å². The third-order valence-electron chi connectivity index (χ3n) is 4.63. The molecule has 0 aromatic carbocycles. The van der Waals surface area contributed by atoms with Crippen molar-refractivity contribution in [2.24, 2.45) is 0 Å². The average molecular weight is 345 g/mol. The highest BCUT2D eigenvalue weighted by molar-refractivity contribution is 5.74. The van der Waals surface area contributed by atoms with Gasteiger partial charge in [-0.05, 0) is 12.1 Å². The number of nitrogens with one attached hydrogen (secondary N) is 1. The lowest BCUT2D eigenvalue weighted by molar-refractivity contribution is -0.0309. The average Bonchev–Trinajstić information content (AvgIpc) is 2.67. The summed E-state index contributed by atoms with van der Waals surface area (Å²) in [6, 6.07) is 5.99. The molecular formula is C18H27N5O2. The van der Waals surface area contributed by atoms with E-state index in [9.17, 15) is 4.79 Å². The van der Waals surface area contributed by atoms with Crippen LogP contribution in [0.2, 0.25) is 0 Å². The quantitative estimate of drug-likeness (QED) is 0.800. The first-order valence-electron chi connectivity index (χ1n) is 8.90. The Hall–Kier alpha value is -2.12. The molecule has 2 aliphatic heterocycles. The number of morpholine rings is 1. The molecule has 2 aliphatic rings. The molecule has 0 aliphatic carbocycles. The molecular weight excluding hydrogens is 318 g/mol. The number of nitrogens with zero attached hydrogens (tertiary/aromatic N) is 4. The van der Waals surface area contributed by atoms with Gasteiger partial charge in [0.2, 0.25) is 0 Å². The zero-order chi connectivity index (χ0) is 17.5. The maximum atomic E-state index is 12.1. The van der Waals surface area contributed by atoms with Crippen molar-refractivity contribution in [2.45, 2.75) is 6.10 Å². The minimum absolute atomic E-state index is 0.0341. The lowest BCUT2D eigenvalue weighted by Crippen LogP contribution is -2.55. The molecule has 2 fully saturated rings. The molecule has 1 atom stereocenters. The predicted molar refractivity (Wildman–Crippen MR) is 97.8 cm³/mol. The van der Waals surface area contributed by atoms with E-state index in [0.29, 0.717) is 26.2 Å². The summed E-state index contributed by atoms with van der Waals surface area (Å²) >= 11 is 0. The zero-order valence-electron chi connectivity index (χ0n) is 14.6. The Bertz CT molecular complexity index is 560. The molecule has 136 valence electrons. The summed E-state index contributed by atoms with van der Waals surface area (Å²) in [4.78, 5) is 23.1. The van der Waals surface area contributed by atoms with Gasteiger partial charge >= 0.3 is 6.03 Å². The molecule has 0 spiro atoms. The maximum absolute atomic E-state index is 12.1. The fraction of sp³-hybridized carbons (Fsp3) is 0.556. The van der Waals surface area contributed by atoms with Crippen LogP contribution in [0.5, 0.6) is 0 Å². The number of carbonyl (C=O) groups is 1. The third-order valence-corrected chi connectivity index (χ3v) is 4.63. The van der Waals surface area contributed by atoms with E-state index in [1.807, 2.05) is 23.2 Å². The number of urea groups is 1. The first kappa shape index (κ1) is 17.7. The van der Waals surface area contributed by atoms with Gasteiger partial charge in [0.1, 0.15) is 5.82 Å². The minimum Gasteiger partial charge on any atom is -0.373 e. The first-order valence-corrected chi connectivity index (χ1v) is 8.90. The molecule has 3 heterocycles. The van der Waals surface area contributed by atoms with Crippen molar-refractivity contribution in [1.82, 2.24) is 20.1 Å². The van der Waals surface area contributed by atoms with Gasteiger partial charge in [0.05, 0.1) is 12.7 Å². The lowest BCUT2D eigenvalue weighted by Gasteiger charge is -2.39. The van der Waals surface area contributed by atoms with Crippen molar-refractivity contribution < 1.29 is 9.53 Å². The topological polar surface area (TPSA) is 60.9 Å². The molecule has 7 nitrogen and oxygen atoms in total. The number of pyridine rings is 1. The van der Waals surface area contributed by atoms with E-state index in [1.165, 1.54) is 0 Å². The van der Waals surface area contributed by atoms with Crippen LogP contribution in [0.4, 0.5) is 10.6 Å². The normalized spacial score (nSPS) is 21.8. The molecule has 3 rings (SSSR count). The summed E-state index contributed by atoms with van der Waals surface area (Å²) in [5.74, 6) is 1.04. The second-order valence-corrected chi connectivity index (χ2v) is 6.39. The van der Waals surface area contributed by atoms with Gasteiger partial charge in [0.15, 0.2) is 0 Å². The smallest absolute Gasteiger partial charge is 0.317 e. The highest BCUT2D eigenvalue weighted by Crippen LogP contribution is 2.14. The Morgan fingerprint density at radius 2 is 2.16 bits per heavy atom. The minimum atomic E-state index is -0.0341. The number of ether oxygens (including phenoxy) is 1. The molecule has 2 amide bonds. The molecule has 1 N–H and O–H groups in total. The van der Waals surface area contributed by atoms with Crippen molar-refractivity contribution >= 4 is 11.8 Å². The van der Waals surface area contributed by atoms with Crippen LogP contribution in [0.25, 0.3) is 0 Å². The highest BCUT2D eigenvalue weighted by Gasteiger charge is 2.27. The Kier molecular flexibility index (Phi) is 6.25. The van der Waals surface area contributed by atoms with E-state index >= 15 is 0 Å². The van der Waals surface area contributed by atoms with E-state index in [-0.39, 0.29) is 12.1 Å². The van der Waals surface area contributed by atoms with E-state index in [0.717, 1.165) is 38.5 Å². The number of anilines is 1. The van der Waals surface area contributed by atoms with Crippen molar-refractivity contribution in [3.8, 4) is 0 Å². The molecule has 7 heteroatoms. The number of hydrogen-bond donors (Lipinski definition) is 1. The summed E-state index contributed by atoms with van der Waals surface area (Å²) < 4.78 is 5.87. The largest absolute Gasteiger partial charge is 0.373 e. The standard InChI is InChI=1S/C18H27N5O2/c1-2-6-20-18(24)23-12-13-25-16(15-23)14-21-8-10-22(11-9-21)17-5-3-4-7-19-17/h2-5,7,16H,1,6,8-15H2,(H,20,24). The van der Waals surface area contributed by atoms with Crippen LogP contribution in [-0.2, 0) is 4.74 Å². The van der Waals surface area contributed by atoms with Crippen LogP contribution in [-0.4, -0.2) is 85.9 Å². The summed E-state index contributed by atoms with van der Waals surface area (Å²) in [5.41, 5.74) is 0. The third kappa shape index (κ3) is 4.93. The maximum Gasteiger partial charge on any atom is 0.317 e. The Morgan fingerprint density at radius 3 is 2.88 bits per heavy atom. The predicted octanol–water partition coefficient (Wildman–Crippen LogP) is 0.800. The summed E-state index contributed by atoms with van der Waals surface area (Å²) in [6.07, 6.45) is 3.60. The summed E-state index contributed by atoms with van der Waals surface area (Å²) in [6.45, 7) is 10.8. The SMILES string of the molecule is C=CCNC(=O)N1CCOC(CN2CCN(c3ccccn3)CC2)C1. The lowest BCUT2D eigenvalue weighted by atomic mass is 10.2. The second-order valence-electron chi connectivity index (χ2n) is 6.39. The number of carbonyl (C=O) groups excluding carboxylic acids is 1. The summed E-state index contributed by atoms with van der Waals surface area (Å²) in [7, 11) is 0. The molecule has 1 aromatic rings. The van der Waals surface area contributed by atoms with E-state index < -0.39 is 0 Å². The molecule has 1 aromatic heterocycles. The fourth-order valence-corrected chi connectivity index (χ4v) is 3.27. The van der Waals surface area contributed by atoms with Crippen LogP contribution in [0.1, 0.15) is 0 Å². The number of amides is 2. The first-order chi connectivity index (χ1) is 12.3.